The van der Waals surface area contributed by atoms with Crippen molar-refractivity contribution in [2.24, 2.45) is 0 Å². The number of aryl methyl sites for hydroxylation is 1. The molecule has 1 amide bonds. The third-order valence-corrected chi connectivity index (χ3v) is 3.58. The van der Waals surface area contributed by atoms with E-state index in [0.717, 1.165) is 11.1 Å². The average molecular weight is 282 g/mol. The van der Waals surface area contributed by atoms with Crippen LogP contribution in [0.1, 0.15) is 29.8 Å². The van der Waals surface area contributed by atoms with Gasteiger partial charge in [0.15, 0.2) is 0 Å². The number of ether oxygens (including phenoxy) is 1. The number of nitrogens with zero attached hydrogens (tertiary/aromatic N) is 1. The van der Waals surface area contributed by atoms with Crippen LogP contribution in [0.15, 0.2) is 24.3 Å². The van der Waals surface area contributed by atoms with Crippen molar-refractivity contribution in [3.05, 3.63) is 35.4 Å². The van der Waals surface area contributed by atoms with Gasteiger partial charge in [0.05, 0.1) is 17.6 Å². The molecular formula is C15H20ClNO2. The Morgan fingerprint density at radius 3 is 2.63 bits per heavy atom. The fraction of sp³-hybridized carbons (Fsp3) is 0.533. The second-order valence-electron chi connectivity index (χ2n) is 5.71. The van der Waals surface area contributed by atoms with E-state index in [1.807, 2.05) is 49.9 Å². The average Bonchev–Trinajstić information content (AvgIpc) is 2.37. The van der Waals surface area contributed by atoms with Gasteiger partial charge in [-0.05, 0) is 32.9 Å². The van der Waals surface area contributed by atoms with Crippen LogP contribution in [0.4, 0.5) is 0 Å². The molecule has 1 atom stereocenters. The van der Waals surface area contributed by atoms with E-state index < -0.39 is 0 Å². The summed E-state index contributed by atoms with van der Waals surface area (Å²) < 4.78 is 5.83. The second kappa shape index (κ2) is 5.51. The maximum atomic E-state index is 12.5. The van der Waals surface area contributed by atoms with Crippen molar-refractivity contribution in [1.82, 2.24) is 4.90 Å². The molecule has 1 aliphatic heterocycles. The van der Waals surface area contributed by atoms with E-state index in [-0.39, 0.29) is 17.6 Å². The summed E-state index contributed by atoms with van der Waals surface area (Å²) in [5, 5.41) is 0. The summed E-state index contributed by atoms with van der Waals surface area (Å²) in [6.45, 7) is 7.13. The van der Waals surface area contributed by atoms with Crippen LogP contribution in [0.5, 0.6) is 0 Å². The summed E-state index contributed by atoms with van der Waals surface area (Å²) in [4.78, 5) is 14.3. The van der Waals surface area contributed by atoms with Gasteiger partial charge in [-0.15, -0.1) is 11.6 Å². The van der Waals surface area contributed by atoms with Gasteiger partial charge in [-0.3, -0.25) is 4.79 Å². The number of amides is 1. The number of rotatable bonds is 2. The molecule has 0 saturated carbocycles. The van der Waals surface area contributed by atoms with Gasteiger partial charge in [0.25, 0.3) is 5.91 Å². The van der Waals surface area contributed by atoms with Gasteiger partial charge in [0, 0.05) is 18.7 Å². The van der Waals surface area contributed by atoms with Crippen LogP contribution in [0, 0.1) is 6.92 Å². The SMILES string of the molecule is Cc1ccc(C(=O)N2CC(CCl)OC(C)(C)C2)cc1. The van der Waals surface area contributed by atoms with Gasteiger partial charge in [0.1, 0.15) is 0 Å². The van der Waals surface area contributed by atoms with Crippen molar-refractivity contribution >= 4 is 17.5 Å². The minimum Gasteiger partial charge on any atom is -0.367 e. The van der Waals surface area contributed by atoms with Crippen LogP contribution < -0.4 is 0 Å². The summed E-state index contributed by atoms with van der Waals surface area (Å²) in [5.41, 5.74) is 1.52. The molecule has 0 N–H and O–H groups in total. The molecule has 4 heteroatoms. The lowest BCUT2D eigenvalue weighted by molar-refractivity contribution is -0.117. The first kappa shape index (κ1) is 14.4. The molecule has 1 unspecified atom stereocenters. The van der Waals surface area contributed by atoms with Crippen molar-refractivity contribution in [2.75, 3.05) is 19.0 Å². The molecule has 0 aliphatic carbocycles. The maximum Gasteiger partial charge on any atom is 0.254 e. The van der Waals surface area contributed by atoms with Crippen molar-refractivity contribution in [3.8, 4) is 0 Å². The standard InChI is InChI=1S/C15H20ClNO2/c1-11-4-6-12(7-5-11)14(18)17-9-13(8-16)19-15(2,3)10-17/h4-7,13H,8-10H2,1-3H3. The highest BCUT2D eigenvalue weighted by Gasteiger charge is 2.35. The first-order valence-electron chi connectivity index (χ1n) is 6.51. The molecule has 1 fully saturated rings. The second-order valence-corrected chi connectivity index (χ2v) is 6.01. The van der Waals surface area contributed by atoms with E-state index in [0.29, 0.717) is 19.0 Å². The van der Waals surface area contributed by atoms with Crippen LogP contribution in [0.25, 0.3) is 0 Å². The van der Waals surface area contributed by atoms with E-state index in [2.05, 4.69) is 0 Å². The van der Waals surface area contributed by atoms with E-state index >= 15 is 0 Å². The van der Waals surface area contributed by atoms with Crippen molar-refractivity contribution < 1.29 is 9.53 Å². The predicted octanol–water partition coefficient (Wildman–Crippen LogP) is 2.85. The molecule has 104 valence electrons. The number of hydrogen-bond donors (Lipinski definition) is 0. The Morgan fingerprint density at radius 1 is 1.42 bits per heavy atom. The van der Waals surface area contributed by atoms with Crippen molar-refractivity contribution in [2.45, 2.75) is 32.5 Å². The van der Waals surface area contributed by atoms with E-state index in [4.69, 9.17) is 16.3 Å². The molecule has 1 aromatic carbocycles. The van der Waals surface area contributed by atoms with Crippen molar-refractivity contribution in [1.29, 1.82) is 0 Å². The molecular weight excluding hydrogens is 262 g/mol. The number of carbonyl (C=O) groups excluding carboxylic acids is 1. The fourth-order valence-corrected chi connectivity index (χ4v) is 2.57. The van der Waals surface area contributed by atoms with Gasteiger partial charge in [0.2, 0.25) is 0 Å². The molecule has 1 heterocycles. The Bertz CT molecular complexity index is 456. The zero-order valence-corrected chi connectivity index (χ0v) is 12.4. The first-order valence-corrected chi connectivity index (χ1v) is 7.04. The Labute approximate surface area is 119 Å². The number of carbonyl (C=O) groups is 1. The van der Waals surface area contributed by atoms with Crippen LogP contribution in [-0.2, 0) is 4.74 Å². The Hall–Kier alpha value is -1.06. The third-order valence-electron chi connectivity index (χ3n) is 3.24. The van der Waals surface area contributed by atoms with Gasteiger partial charge >= 0.3 is 0 Å². The molecule has 0 bridgehead atoms. The van der Waals surface area contributed by atoms with E-state index in [1.165, 1.54) is 0 Å². The van der Waals surface area contributed by atoms with E-state index in [1.54, 1.807) is 0 Å². The summed E-state index contributed by atoms with van der Waals surface area (Å²) >= 11 is 5.88. The van der Waals surface area contributed by atoms with Gasteiger partial charge in [-0.25, -0.2) is 0 Å². The lowest BCUT2D eigenvalue weighted by Gasteiger charge is -2.42. The summed E-state index contributed by atoms with van der Waals surface area (Å²) in [7, 11) is 0. The van der Waals surface area contributed by atoms with Gasteiger partial charge in [-0.2, -0.15) is 0 Å². The van der Waals surface area contributed by atoms with E-state index in [9.17, 15) is 4.79 Å². The summed E-state index contributed by atoms with van der Waals surface area (Å²) in [5.74, 6) is 0.452. The third kappa shape index (κ3) is 3.48. The Balaban J connectivity index is 2.16. The highest BCUT2D eigenvalue weighted by molar-refractivity contribution is 6.18. The Morgan fingerprint density at radius 2 is 2.05 bits per heavy atom. The highest BCUT2D eigenvalue weighted by Crippen LogP contribution is 2.23. The minimum atomic E-state index is -0.349. The smallest absolute Gasteiger partial charge is 0.254 e. The lowest BCUT2D eigenvalue weighted by atomic mass is 10.0. The molecule has 1 saturated heterocycles. The molecule has 0 radical (unpaired) electrons. The predicted molar refractivity (Wildman–Crippen MR) is 76.8 cm³/mol. The quantitative estimate of drug-likeness (QED) is 0.780. The number of benzene rings is 1. The zero-order valence-electron chi connectivity index (χ0n) is 11.6. The zero-order chi connectivity index (χ0) is 14.0. The number of alkyl halides is 1. The molecule has 0 spiro atoms. The molecule has 2 rings (SSSR count). The molecule has 1 aromatic rings. The normalized spacial score (nSPS) is 22.3. The molecule has 19 heavy (non-hydrogen) atoms. The monoisotopic (exact) mass is 281 g/mol. The number of hydrogen-bond acceptors (Lipinski definition) is 2. The van der Waals surface area contributed by atoms with Gasteiger partial charge in [-0.1, -0.05) is 17.7 Å². The van der Waals surface area contributed by atoms with Crippen LogP contribution in [0.3, 0.4) is 0 Å². The van der Waals surface area contributed by atoms with Crippen LogP contribution in [0.2, 0.25) is 0 Å². The van der Waals surface area contributed by atoms with Crippen LogP contribution >= 0.6 is 11.6 Å². The molecule has 3 nitrogen and oxygen atoms in total. The van der Waals surface area contributed by atoms with Crippen LogP contribution in [-0.4, -0.2) is 41.5 Å². The molecule has 0 aromatic heterocycles. The Kier molecular flexibility index (Phi) is 4.16. The summed E-state index contributed by atoms with van der Waals surface area (Å²) in [6.07, 6.45) is -0.0974. The minimum absolute atomic E-state index is 0.0477. The lowest BCUT2D eigenvalue weighted by Crippen LogP contribution is -2.55. The molecule has 1 aliphatic rings. The first-order chi connectivity index (χ1) is 8.91. The fourth-order valence-electron chi connectivity index (χ4n) is 2.41. The number of halogens is 1. The van der Waals surface area contributed by atoms with Crippen molar-refractivity contribution in [3.63, 3.8) is 0 Å². The number of morpholine rings is 1. The largest absolute Gasteiger partial charge is 0.367 e. The highest BCUT2D eigenvalue weighted by atomic mass is 35.5. The summed E-state index contributed by atoms with van der Waals surface area (Å²) in [6, 6.07) is 7.65. The van der Waals surface area contributed by atoms with Gasteiger partial charge < -0.3 is 9.64 Å². The maximum absolute atomic E-state index is 12.5. The topological polar surface area (TPSA) is 29.5 Å².